The van der Waals surface area contributed by atoms with Gasteiger partial charge in [-0.05, 0) is 30.5 Å². The van der Waals surface area contributed by atoms with Gasteiger partial charge in [-0.15, -0.1) is 11.3 Å². The molecule has 146 valence electrons. The van der Waals surface area contributed by atoms with Gasteiger partial charge in [0.1, 0.15) is 5.75 Å². The fourth-order valence-corrected chi connectivity index (χ4v) is 3.02. The molecule has 3 aromatic rings. The van der Waals surface area contributed by atoms with Gasteiger partial charge in [-0.25, -0.2) is 0 Å². The van der Waals surface area contributed by atoms with E-state index in [9.17, 15) is 9.59 Å². The van der Waals surface area contributed by atoms with Crippen LogP contribution in [0.3, 0.4) is 0 Å². The maximum absolute atomic E-state index is 12.2. The lowest BCUT2D eigenvalue weighted by molar-refractivity contribution is -0.123. The third-order valence-corrected chi connectivity index (χ3v) is 4.50. The van der Waals surface area contributed by atoms with Crippen LogP contribution in [0.15, 0.2) is 46.3 Å². The lowest BCUT2D eigenvalue weighted by Gasteiger charge is -2.09. The minimum atomic E-state index is -0.196. The number of nitrogens with zero attached hydrogens (tertiary/aromatic N) is 2. The molecule has 0 atom stereocenters. The smallest absolute Gasteiger partial charge is 0.257 e. The number of ether oxygens (including phenoxy) is 1. The molecule has 0 aliphatic carbocycles. The quantitative estimate of drug-likeness (QED) is 0.572. The van der Waals surface area contributed by atoms with Gasteiger partial charge >= 0.3 is 0 Å². The summed E-state index contributed by atoms with van der Waals surface area (Å²) in [5.74, 6) is 1.07. The van der Waals surface area contributed by atoms with Crippen molar-refractivity contribution in [2.75, 3.05) is 18.5 Å². The SMILES string of the molecule is CCNC(=O)COc1cccc(NC(=O)CCc2nc(-c3cccs3)no2)c1. The summed E-state index contributed by atoms with van der Waals surface area (Å²) in [5, 5.41) is 11.3. The van der Waals surface area contributed by atoms with Crippen LogP contribution in [-0.4, -0.2) is 35.1 Å². The number of rotatable bonds is 9. The molecule has 0 radical (unpaired) electrons. The van der Waals surface area contributed by atoms with Gasteiger partial charge in [-0.2, -0.15) is 4.98 Å². The fraction of sp³-hybridized carbons (Fsp3) is 0.263. The van der Waals surface area contributed by atoms with Crippen LogP contribution in [0.4, 0.5) is 5.69 Å². The van der Waals surface area contributed by atoms with Crippen LogP contribution in [0.1, 0.15) is 19.2 Å². The zero-order valence-corrected chi connectivity index (χ0v) is 16.1. The number of benzene rings is 1. The third-order valence-electron chi connectivity index (χ3n) is 3.64. The minimum Gasteiger partial charge on any atom is -0.484 e. The van der Waals surface area contributed by atoms with E-state index in [1.165, 1.54) is 11.3 Å². The van der Waals surface area contributed by atoms with E-state index in [0.29, 0.717) is 36.1 Å². The first-order chi connectivity index (χ1) is 13.6. The highest BCUT2D eigenvalue weighted by Crippen LogP contribution is 2.22. The van der Waals surface area contributed by atoms with Crippen molar-refractivity contribution in [3.63, 3.8) is 0 Å². The Morgan fingerprint density at radius 2 is 2.11 bits per heavy atom. The molecule has 0 saturated heterocycles. The number of likely N-dealkylation sites (N-methyl/N-ethyl adjacent to an activating group) is 1. The maximum atomic E-state index is 12.2. The molecule has 1 aromatic carbocycles. The lowest BCUT2D eigenvalue weighted by atomic mass is 10.2. The Balaban J connectivity index is 1.48. The van der Waals surface area contributed by atoms with Gasteiger partial charge < -0.3 is 19.9 Å². The number of amides is 2. The van der Waals surface area contributed by atoms with E-state index in [2.05, 4.69) is 20.8 Å². The van der Waals surface area contributed by atoms with Crippen LogP contribution in [0.5, 0.6) is 5.75 Å². The number of carbonyl (C=O) groups excluding carboxylic acids is 2. The Morgan fingerprint density at radius 1 is 1.21 bits per heavy atom. The lowest BCUT2D eigenvalue weighted by Crippen LogP contribution is -2.28. The Hall–Kier alpha value is -3.20. The summed E-state index contributed by atoms with van der Waals surface area (Å²) >= 11 is 1.52. The zero-order valence-electron chi connectivity index (χ0n) is 15.3. The molecule has 2 N–H and O–H groups in total. The number of anilines is 1. The molecule has 0 spiro atoms. The highest BCUT2D eigenvalue weighted by Gasteiger charge is 2.12. The maximum Gasteiger partial charge on any atom is 0.257 e. The van der Waals surface area contributed by atoms with Crippen LogP contribution in [0.25, 0.3) is 10.7 Å². The highest BCUT2D eigenvalue weighted by atomic mass is 32.1. The number of aryl methyl sites for hydroxylation is 1. The average molecular weight is 400 g/mol. The molecular weight excluding hydrogens is 380 g/mol. The summed E-state index contributed by atoms with van der Waals surface area (Å²) in [6.45, 7) is 2.31. The molecule has 2 heterocycles. The number of hydrogen-bond acceptors (Lipinski definition) is 7. The number of thiophene rings is 1. The van der Waals surface area contributed by atoms with E-state index in [4.69, 9.17) is 9.26 Å². The molecule has 0 aliphatic rings. The molecule has 0 aliphatic heterocycles. The Bertz CT molecular complexity index is 924. The first-order valence-corrected chi connectivity index (χ1v) is 9.68. The van der Waals surface area contributed by atoms with Crippen molar-refractivity contribution in [2.24, 2.45) is 0 Å². The van der Waals surface area contributed by atoms with E-state index in [0.717, 1.165) is 4.88 Å². The number of nitrogens with one attached hydrogen (secondary N) is 2. The predicted molar refractivity (Wildman–Crippen MR) is 105 cm³/mol. The van der Waals surface area contributed by atoms with Crippen molar-refractivity contribution >= 4 is 28.8 Å². The Kier molecular flexibility index (Phi) is 6.74. The van der Waals surface area contributed by atoms with E-state index in [-0.39, 0.29) is 24.8 Å². The average Bonchev–Trinajstić information content (AvgIpc) is 3.37. The molecule has 28 heavy (non-hydrogen) atoms. The summed E-state index contributed by atoms with van der Waals surface area (Å²) in [7, 11) is 0. The molecule has 8 nitrogen and oxygen atoms in total. The van der Waals surface area contributed by atoms with Crippen molar-refractivity contribution in [1.29, 1.82) is 0 Å². The van der Waals surface area contributed by atoms with Crippen LogP contribution in [-0.2, 0) is 16.0 Å². The molecule has 9 heteroatoms. The van der Waals surface area contributed by atoms with Crippen LogP contribution >= 0.6 is 11.3 Å². The molecule has 0 bridgehead atoms. The largest absolute Gasteiger partial charge is 0.484 e. The molecular formula is C19H20N4O4S. The van der Waals surface area contributed by atoms with Gasteiger partial charge in [0.25, 0.3) is 5.91 Å². The first-order valence-electron chi connectivity index (χ1n) is 8.80. The van der Waals surface area contributed by atoms with Crippen molar-refractivity contribution in [1.82, 2.24) is 15.5 Å². The van der Waals surface area contributed by atoms with E-state index in [1.54, 1.807) is 24.3 Å². The molecule has 2 amide bonds. The van der Waals surface area contributed by atoms with E-state index < -0.39 is 0 Å². The van der Waals surface area contributed by atoms with E-state index >= 15 is 0 Å². The fourth-order valence-electron chi connectivity index (χ4n) is 2.37. The second-order valence-electron chi connectivity index (χ2n) is 5.81. The predicted octanol–water partition coefficient (Wildman–Crippen LogP) is 2.88. The normalized spacial score (nSPS) is 10.5. The van der Waals surface area contributed by atoms with Gasteiger partial charge in [-0.1, -0.05) is 17.3 Å². The number of aromatic nitrogens is 2. The summed E-state index contributed by atoms with van der Waals surface area (Å²) in [4.78, 5) is 28.8. The monoisotopic (exact) mass is 400 g/mol. The molecule has 3 rings (SSSR count). The van der Waals surface area contributed by atoms with Crippen LogP contribution < -0.4 is 15.4 Å². The molecule has 2 aromatic heterocycles. The van der Waals surface area contributed by atoms with E-state index in [1.807, 2.05) is 24.4 Å². The topological polar surface area (TPSA) is 106 Å². The Morgan fingerprint density at radius 3 is 2.89 bits per heavy atom. The van der Waals surface area contributed by atoms with Gasteiger partial charge in [0.15, 0.2) is 6.61 Å². The van der Waals surface area contributed by atoms with Crippen molar-refractivity contribution in [3.8, 4) is 16.5 Å². The first kappa shape index (κ1) is 19.6. The Labute approximate surface area is 165 Å². The number of hydrogen-bond donors (Lipinski definition) is 2. The highest BCUT2D eigenvalue weighted by molar-refractivity contribution is 7.13. The van der Waals surface area contributed by atoms with Gasteiger partial charge in [0.05, 0.1) is 4.88 Å². The molecule has 0 saturated carbocycles. The summed E-state index contributed by atoms with van der Waals surface area (Å²) < 4.78 is 10.6. The number of carbonyl (C=O) groups is 2. The summed E-state index contributed by atoms with van der Waals surface area (Å²) in [6, 6.07) is 10.7. The minimum absolute atomic E-state index is 0.0744. The second kappa shape index (κ2) is 9.65. The van der Waals surface area contributed by atoms with Crippen molar-refractivity contribution in [3.05, 3.63) is 47.7 Å². The second-order valence-corrected chi connectivity index (χ2v) is 6.75. The summed E-state index contributed by atoms with van der Waals surface area (Å²) in [6.07, 6.45) is 0.549. The zero-order chi connectivity index (χ0) is 19.8. The standard InChI is InChI=1S/C19H20N4O4S/c1-2-20-17(25)12-26-14-6-3-5-13(11-14)21-16(24)8-9-18-22-19(23-27-18)15-7-4-10-28-15/h3-7,10-11H,2,8-9,12H2,1H3,(H,20,25)(H,21,24). The van der Waals surface area contributed by atoms with Crippen molar-refractivity contribution < 1.29 is 18.8 Å². The molecule has 0 fully saturated rings. The van der Waals surface area contributed by atoms with Gasteiger partial charge in [0, 0.05) is 31.1 Å². The van der Waals surface area contributed by atoms with Crippen LogP contribution in [0.2, 0.25) is 0 Å². The van der Waals surface area contributed by atoms with Crippen molar-refractivity contribution in [2.45, 2.75) is 19.8 Å². The third kappa shape index (κ3) is 5.65. The van der Waals surface area contributed by atoms with Gasteiger partial charge in [0.2, 0.25) is 17.6 Å². The van der Waals surface area contributed by atoms with Crippen LogP contribution in [0, 0.1) is 0 Å². The summed E-state index contributed by atoms with van der Waals surface area (Å²) in [5.41, 5.74) is 0.586. The molecule has 0 unspecified atom stereocenters. The van der Waals surface area contributed by atoms with Gasteiger partial charge in [-0.3, -0.25) is 9.59 Å².